The first kappa shape index (κ1) is 46.8. The zero-order chi connectivity index (χ0) is 43.8. The lowest BCUT2D eigenvalue weighted by Gasteiger charge is -2.12. The van der Waals surface area contributed by atoms with Gasteiger partial charge in [-0.05, 0) is 170 Å². The number of ether oxygens (including phenoxy) is 2. The van der Waals surface area contributed by atoms with E-state index in [0.717, 1.165) is 73.2 Å². The molecule has 318 valence electrons. The SMILES string of the molecule is Cc1ccc(CC(=O)OCCCCOC(=O)Nc2ccc(C)c(NC(=O)Sc3ccc(Sc4ccc(S)cc4)cc3)c2)cc1CC(=O)Sc1ccc(Sc2ccc(S)cc2)cc1. The van der Waals surface area contributed by atoms with Gasteiger partial charge in [-0.2, -0.15) is 0 Å². The zero-order valence-corrected chi connectivity index (χ0v) is 39.0. The fourth-order valence-electron chi connectivity index (χ4n) is 5.80. The lowest BCUT2D eigenvalue weighted by molar-refractivity contribution is -0.143. The number of hydrogen-bond acceptors (Lipinski definition) is 12. The summed E-state index contributed by atoms with van der Waals surface area (Å²) in [6, 6.07) is 42.5. The van der Waals surface area contributed by atoms with Crippen LogP contribution in [0.4, 0.5) is 21.0 Å². The predicted molar refractivity (Wildman–Crippen MR) is 259 cm³/mol. The molecule has 0 saturated heterocycles. The van der Waals surface area contributed by atoms with Crippen LogP contribution >= 0.6 is 72.3 Å². The topological polar surface area (TPSA) is 111 Å². The van der Waals surface area contributed by atoms with Crippen LogP contribution in [0.1, 0.15) is 35.1 Å². The highest BCUT2D eigenvalue weighted by Gasteiger charge is 2.14. The molecule has 0 saturated carbocycles. The summed E-state index contributed by atoms with van der Waals surface area (Å²) in [5.41, 5.74) is 4.51. The molecule has 6 rings (SSSR count). The quantitative estimate of drug-likeness (QED) is 0.0305. The van der Waals surface area contributed by atoms with E-state index in [1.165, 1.54) is 11.8 Å². The molecule has 0 atom stereocenters. The number of hydrogen-bond donors (Lipinski definition) is 4. The van der Waals surface area contributed by atoms with E-state index in [9.17, 15) is 19.2 Å². The second-order valence-corrected chi connectivity index (χ2v) is 19.5. The lowest BCUT2D eigenvalue weighted by Crippen LogP contribution is -2.15. The fourth-order valence-corrected chi connectivity index (χ4v) is 9.14. The van der Waals surface area contributed by atoms with Gasteiger partial charge in [-0.25, -0.2) is 4.79 Å². The molecular weight excluding hydrogens is 893 g/mol. The van der Waals surface area contributed by atoms with E-state index in [1.54, 1.807) is 41.7 Å². The molecule has 0 aliphatic rings. The van der Waals surface area contributed by atoms with Crippen LogP contribution in [0.2, 0.25) is 0 Å². The van der Waals surface area contributed by atoms with Crippen LogP contribution in [-0.4, -0.2) is 35.6 Å². The molecule has 6 aromatic carbocycles. The van der Waals surface area contributed by atoms with Gasteiger partial charge in [0, 0.05) is 57.0 Å². The number of unbranched alkanes of at least 4 members (excludes halogenated alkanes) is 1. The zero-order valence-electron chi connectivity index (χ0n) is 33.9. The lowest BCUT2D eigenvalue weighted by atomic mass is 10.0. The van der Waals surface area contributed by atoms with E-state index in [0.29, 0.717) is 24.2 Å². The van der Waals surface area contributed by atoms with Gasteiger partial charge in [-0.15, -0.1) is 25.3 Å². The molecule has 0 spiro atoms. The number of thiol groups is 2. The van der Waals surface area contributed by atoms with Crippen molar-refractivity contribution in [1.82, 2.24) is 0 Å². The van der Waals surface area contributed by atoms with Gasteiger partial charge in [0.05, 0.1) is 19.6 Å². The minimum absolute atomic E-state index is 0.0149. The molecule has 0 fully saturated rings. The van der Waals surface area contributed by atoms with Gasteiger partial charge >= 0.3 is 12.1 Å². The third-order valence-electron chi connectivity index (χ3n) is 9.09. The minimum atomic E-state index is -0.632. The number of thioether (sulfide) groups is 2. The number of carbonyl (C=O) groups is 4. The van der Waals surface area contributed by atoms with Crippen LogP contribution in [0.3, 0.4) is 0 Å². The van der Waals surface area contributed by atoms with Crippen molar-refractivity contribution in [3.63, 3.8) is 0 Å². The van der Waals surface area contributed by atoms with E-state index in [1.807, 2.05) is 129 Å². The Bertz CT molecular complexity index is 2310. The highest BCUT2D eigenvalue weighted by atomic mass is 32.2. The van der Waals surface area contributed by atoms with Gasteiger partial charge in [0.2, 0.25) is 0 Å². The number of benzene rings is 6. The predicted octanol–water partition coefficient (Wildman–Crippen LogP) is 13.5. The van der Waals surface area contributed by atoms with E-state index >= 15 is 0 Å². The summed E-state index contributed by atoms with van der Waals surface area (Å²) < 4.78 is 10.8. The molecule has 0 heterocycles. The summed E-state index contributed by atoms with van der Waals surface area (Å²) >= 11 is 14.2. The molecule has 8 nitrogen and oxygen atoms in total. The monoisotopic (exact) mass is 936 g/mol. The second kappa shape index (κ2) is 23.7. The average Bonchev–Trinajstić information content (AvgIpc) is 3.24. The average molecular weight is 937 g/mol. The van der Waals surface area contributed by atoms with Gasteiger partial charge in [0.1, 0.15) is 0 Å². The Hall–Kier alpha value is -4.70. The Labute approximate surface area is 390 Å². The summed E-state index contributed by atoms with van der Waals surface area (Å²) in [5.74, 6) is -0.372. The molecule has 0 unspecified atom stereocenters. The molecule has 0 aromatic heterocycles. The molecule has 14 heteroatoms. The Morgan fingerprint density at radius 2 is 1.03 bits per heavy atom. The van der Waals surface area contributed by atoms with Crippen LogP contribution in [-0.2, 0) is 31.9 Å². The van der Waals surface area contributed by atoms with Gasteiger partial charge in [-0.1, -0.05) is 59.6 Å². The van der Waals surface area contributed by atoms with Crippen molar-refractivity contribution < 1.29 is 28.7 Å². The number of esters is 1. The molecule has 0 bridgehead atoms. The third-order valence-corrected chi connectivity index (χ3v) is 13.4. The molecule has 0 aliphatic heterocycles. The first-order valence-electron chi connectivity index (χ1n) is 19.6. The molecule has 2 N–H and O–H groups in total. The summed E-state index contributed by atoms with van der Waals surface area (Å²) in [6.07, 6.45) is 0.699. The van der Waals surface area contributed by atoms with Crippen LogP contribution in [0, 0.1) is 13.8 Å². The maximum absolute atomic E-state index is 13.0. The number of nitrogens with one attached hydrogen (secondary N) is 2. The summed E-state index contributed by atoms with van der Waals surface area (Å²) in [6.45, 7) is 4.14. The molecule has 0 radical (unpaired) electrons. The molecule has 2 amide bonds. The number of amides is 2. The van der Waals surface area contributed by atoms with Crippen LogP contribution in [0.5, 0.6) is 0 Å². The Kier molecular flexibility index (Phi) is 17.9. The summed E-state index contributed by atoms with van der Waals surface area (Å²) in [7, 11) is 0. The Balaban J connectivity index is 0.857. The third kappa shape index (κ3) is 15.6. The van der Waals surface area contributed by atoms with Crippen LogP contribution in [0.25, 0.3) is 0 Å². The fraction of sp³-hybridized carbons (Fsp3) is 0.167. The Morgan fingerprint density at radius 3 is 1.61 bits per heavy atom. The standard InChI is InChI=1S/C48H44N2O6S6/c1-31-5-7-33(27-34(31)29-46(52)61-42-21-17-40(18-22-42)59-38-13-9-36(57)10-14-38)28-45(51)55-25-3-4-26-56-47(53)49-35-8-6-32(2)44(30-35)50-48(54)62-43-23-19-41(20-24-43)60-39-15-11-37(58)12-16-39/h5-24,27,30,57-58H,3-4,25-26,28-29H2,1-2H3,(H,49,53)(H,50,54). The van der Waals surface area contributed by atoms with Crippen molar-refractivity contribution in [2.24, 2.45) is 0 Å². The van der Waals surface area contributed by atoms with Gasteiger partial charge in [-0.3, -0.25) is 19.7 Å². The van der Waals surface area contributed by atoms with Gasteiger partial charge in [0.25, 0.3) is 5.24 Å². The van der Waals surface area contributed by atoms with E-state index < -0.39 is 6.09 Å². The molecule has 62 heavy (non-hydrogen) atoms. The first-order chi connectivity index (χ1) is 29.9. The summed E-state index contributed by atoms with van der Waals surface area (Å²) in [4.78, 5) is 58.9. The highest BCUT2D eigenvalue weighted by molar-refractivity contribution is 8.14. The van der Waals surface area contributed by atoms with Crippen molar-refractivity contribution >= 4 is 106 Å². The normalized spacial score (nSPS) is 10.8. The minimum Gasteiger partial charge on any atom is -0.465 e. The first-order valence-corrected chi connectivity index (χ1v) is 23.7. The van der Waals surface area contributed by atoms with E-state index in [-0.39, 0.29) is 42.4 Å². The van der Waals surface area contributed by atoms with Gasteiger partial charge in [0.15, 0.2) is 5.12 Å². The summed E-state index contributed by atoms with van der Waals surface area (Å²) in [5, 5.41) is 5.38. The molecule has 6 aromatic rings. The maximum atomic E-state index is 13.0. The maximum Gasteiger partial charge on any atom is 0.411 e. The second-order valence-electron chi connectivity index (χ2n) is 14.0. The van der Waals surface area contributed by atoms with Crippen LogP contribution in [0.15, 0.2) is 173 Å². The number of rotatable bonds is 17. The van der Waals surface area contributed by atoms with Crippen molar-refractivity contribution in [3.05, 3.63) is 156 Å². The number of anilines is 2. The largest absolute Gasteiger partial charge is 0.465 e. The number of carbonyl (C=O) groups excluding carboxylic acids is 4. The Morgan fingerprint density at radius 1 is 0.532 bits per heavy atom. The van der Waals surface area contributed by atoms with Crippen LogP contribution < -0.4 is 10.6 Å². The van der Waals surface area contributed by atoms with E-state index in [2.05, 4.69) is 35.9 Å². The smallest absolute Gasteiger partial charge is 0.411 e. The highest BCUT2D eigenvalue weighted by Crippen LogP contribution is 2.33. The molecule has 0 aliphatic carbocycles. The van der Waals surface area contributed by atoms with Crippen molar-refractivity contribution in [2.45, 2.75) is 78.7 Å². The van der Waals surface area contributed by atoms with Crippen molar-refractivity contribution in [2.75, 3.05) is 23.8 Å². The van der Waals surface area contributed by atoms with Crippen molar-refractivity contribution in [3.8, 4) is 0 Å². The van der Waals surface area contributed by atoms with E-state index in [4.69, 9.17) is 9.47 Å². The molecular formula is C48H44N2O6S6. The van der Waals surface area contributed by atoms with Gasteiger partial charge < -0.3 is 14.8 Å². The number of aryl methyl sites for hydroxylation is 2. The van der Waals surface area contributed by atoms with Crippen molar-refractivity contribution in [1.29, 1.82) is 0 Å².